The molecule has 0 unspecified atom stereocenters. The lowest BCUT2D eigenvalue weighted by Gasteiger charge is -2.32. The van der Waals surface area contributed by atoms with Crippen LogP contribution in [0, 0.1) is 0 Å². The molecule has 0 bridgehead atoms. The van der Waals surface area contributed by atoms with Crippen LogP contribution in [0.2, 0.25) is 0 Å². The van der Waals surface area contributed by atoms with E-state index in [1.807, 2.05) is 55.2 Å². The molecule has 3 rings (SSSR count). The van der Waals surface area contributed by atoms with Crippen molar-refractivity contribution in [2.24, 2.45) is 0 Å². The van der Waals surface area contributed by atoms with E-state index in [1.165, 1.54) is 0 Å². The lowest BCUT2D eigenvalue weighted by molar-refractivity contribution is 0.505. The molecule has 3 heteroatoms. The molecule has 2 nitrogen and oxygen atoms in total. The summed E-state index contributed by atoms with van der Waals surface area (Å²) in [7, 11) is 1.28. The van der Waals surface area contributed by atoms with Crippen molar-refractivity contribution in [3.8, 4) is 0 Å². The van der Waals surface area contributed by atoms with Crippen LogP contribution in [0.5, 0.6) is 0 Å². The van der Waals surface area contributed by atoms with Gasteiger partial charge in [0.15, 0.2) is 7.29 Å². The maximum absolute atomic E-state index is 13.8. The van der Waals surface area contributed by atoms with Gasteiger partial charge in [0.1, 0.15) is 0 Å². The first-order chi connectivity index (χ1) is 10.1. The molecule has 0 fully saturated rings. The van der Waals surface area contributed by atoms with E-state index in [-0.39, 0.29) is 11.3 Å². The van der Waals surface area contributed by atoms with Crippen molar-refractivity contribution in [3.63, 3.8) is 0 Å². The Labute approximate surface area is 126 Å². The minimum Gasteiger partial charge on any atom is -0.305 e. The lowest BCUT2D eigenvalue weighted by Crippen LogP contribution is -2.15. The molecule has 0 aromatic heterocycles. The molecule has 2 aromatic carbocycles. The van der Waals surface area contributed by atoms with Gasteiger partial charge >= 0.3 is 0 Å². The van der Waals surface area contributed by atoms with E-state index < -0.39 is 7.29 Å². The van der Waals surface area contributed by atoms with Gasteiger partial charge in [-0.1, -0.05) is 72.8 Å². The average Bonchev–Trinajstić information content (AvgIpc) is 2.88. The molecule has 1 heterocycles. The molecular formula is C18H20NOP. The molecule has 21 heavy (non-hydrogen) atoms. The van der Waals surface area contributed by atoms with Gasteiger partial charge in [0.25, 0.3) is 0 Å². The highest BCUT2D eigenvalue weighted by atomic mass is 31.2. The van der Waals surface area contributed by atoms with Gasteiger partial charge in [0.2, 0.25) is 0 Å². The van der Waals surface area contributed by atoms with E-state index in [1.54, 1.807) is 0 Å². The molecule has 0 spiro atoms. The average molecular weight is 297 g/mol. The van der Waals surface area contributed by atoms with Crippen LogP contribution in [0.4, 0.5) is 0 Å². The normalized spacial score (nSPS) is 23.6. The summed E-state index contributed by atoms with van der Waals surface area (Å²) in [5, 5.41) is 0. The Kier molecular flexibility index (Phi) is 3.84. The van der Waals surface area contributed by atoms with E-state index in [0.29, 0.717) is 0 Å². The van der Waals surface area contributed by atoms with Gasteiger partial charge in [0.05, 0.1) is 11.3 Å². The Morgan fingerprint density at radius 1 is 0.762 bits per heavy atom. The minimum absolute atomic E-state index is 0.0288. The Hall–Kier alpha value is -1.63. The number of hydrogen-bond acceptors (Lipinski definition) is 1. The van der Waals surface area contributed by atoms with Crippen LogP contribution >= 0.6 is 7.29 Å². The first-order valence-corrected chi connectivity index (χ1v) is 8.99. The van der Waals surface area contributed by atoms with Crippen molar-refractivity contribution >= 4 is 7.29 Å². The number of benzene rings is 2. The fourth-order valence-corrected chi connectivity index (χ4v) is 6.31. The zero-order valence-electron chi connectivity index (χ0n) is 12.4. The molecule has 1 aliphatic heterocycles. The van der Waals surface area contributed by atoms with Gasteiger partial charge in [-0.25, -0.2) is 0 Å². The summed E-state index contributed by atoms with van der Waals surface area (Å²) < 4.78 is 15.8. The quantitative estimate of drug-likeness (QED) is 0.594. The highest BCUT2D eigenvalue weighted by Gasteiger charge is 2.45. The second kappa shape index (κ2) is 5.63. The summed E-state index contributed by atoms with van der Waals surface area (Å²) in [6.07, 6.45) is 4.24. The predicted octanol–water partition coefficient (Wildman–Crippen LogP) is 4.88. The molecule has 2 atom stereocenters. The molecule has 0 saturated carbocycles. The maximum atomic E-state index is 13.8. The first kappa shape index (κ1) is 14.3. The fourth-order valence-electron chi connectivity index (χ4n) is 3.08. The Balaban J connectivity index is 2.06. The molecule has 108 valence electrons. The summed E-state index contributed by atoms with van der Waals surface area (Å²) in [4.78, 5) is 0. The number of nitrogens with zero attached hydrogens (tertiary/aromatic N) is 1. The maximum Gasteiger partial charge on any atom is 0.171 e. The van der Waals surface area contributed by atoms with Crippen molar-refractivity contribution in [2.75, 3.05) is 14.1 Å². The molecule has 1 aliphatic rings. The summed E-state index contributed by atoms with van der Waals surface area (Å²) in [5.41, 5.74) is 2.20. The zero-order valence-corrected chi connectivity index (χ0v) is 13.3. The summed E-state index contributed by atoms with van der Waals surface area (Å²) in [6, 6.07) is 20.3. The fraction of sp³-hybridized carbons (Fsp3) is 0.222. The van der Waals surface area contributed by atoms with Gasteiger partial charge in [-0.3, -0.25) is 4.67 Å². The third kappa shape index (κ3) is 2.39. The first-order valence-electron chi connectivity index (χ1n) is 7.19. The van der Waals surface area contributed by atoms with Crippen molar-refractivity contribution in [2.45, 2.75) is 11.3 Å². The number of rotatable bonds is 3. The van der Waals surface area contributed by atoms with Crippen molar-refractivity contribution in [1.29, 1.82) is 0 Å². The summed E-state index contributed by atoms with van der Waals surface area (Å²) in [5.74, 6) is 0. The van der Waals surface area contributed by atoms with Gasteiger partial charge in [-0.15, -0.1) is 0 Å². The minimum atomic E-state index is -2.58. The SMILES string of the molecule is CN(C)P1(=O)[C@H](c2ccccc2)C=C[C@H]1c1ccccc1. The standard InChI is InChI=1S/C18H20NOP/c1-19(2)21(20)17(15-9-5-3-6-10-15)13-14-18(21)16-11-7-4-8-12-16/h3-14,17-18H,1-2H3/t17-,18-/m0/s1. The third-order valence-corrected chi connectivity index (χ3v) is 7.97. The van der Waals surface area contributed by atoms with Gasteiger partial charge in [-0.05, 0) is 25.2 Å². The zero-order chi connectivity index (χ0) is 14.9. The Morgan fingerprint density at radius 2 is 1.14 bits per heavy atom. The number of allylic oxidation sites excluding steroid dienone is 2. The Morgan fingerprint density at radius 3 is 1.48 bits per heavy atom. The van der Waals surface area contributed by atoms with Crippen molar-refractivity contribution in [3.05, 3.63) is 83.9 Å². The van der Waals surface area contributed by atoms with Crippen LogP contribution in [-0.4, -0.2) is 18.8 Å². The van der Waals surface area contributed by atoms with Gasteiger partial charge < -0.3 is 4.57 Å². The second-order valence-corrected chi connectivity index (χ2v) is 8.87. The van der Waals surface area contributed by atoms with E-state index in [9.17, 15) is 4.57 Å². The highest BCUT2D eigenvalue weighted by Crippen LogP contribution is 2.74. The van der Waals surface area contributed by atoms with Crippen LogP contribution in [0.1, 0.15) is 22.4 Å². The van der Waals surface area contributed by atoms with Gasteiger partial charge in [0, 0.05) is 0 Å². The highest BCUT2D eigenvalue weighted by molar-refractivity contribution is 7.63. The van der Waals surface area contributed by atoms with E-state index >= 15 is 0 Å². The molecule has 0 N–H and O–H groups in total. The van der Waals surface area contributed by atoms with Crippen LogP contribution in [0.25, 0.3) is 0 Å². The molecule has 0 saturated heterocycles. The molecular weight excluding hydrogens is 277 g/mol. The van der Waals surface area contributed by atoms with E-state index in [2.05, 4.69) is 36.4 Å². The largest absolute Gasteiger partial charge is 0.305 e. The van der Waals surface area contributed by atoms with Crippen LogP contribution < -0.4 is 0 Å². The monoisotopic (exact) mass is 297 g/mol. The number of hydrogen-bond donors (Lipinski definition) is 0. The van der Waals surface area contributed by atoms with Crippen LogP contribution in [-0.2, 0) is 4.57 Å². The van der Waals surface area contributed by atoms with Crippen molar-refractivity contribution < 1.29 is 4.57 Å². The van der Waals surface area contributed by atoms with Crippen LogP contribution in [0.15, 0.2) is 72.8 Å². The van der Waals surface area contributed by atoms with Crippen molar-refractivity contribution in [1.82, 2.24) is 4.67 Å². The van der Waals surface area contributed by atoms with Crippen LogP contribution in [0.3, 0.4) is 0 Å². The Bertz CT molecular complexity index is 625. The van der Waals surface area contributed by atoms with E-state index in [0.717, 1.165) is 11.1 Å². The predicted molar refractivity (Wildman–Crippen MR) is 88.8 cm³/mol. The third-order valence-electron chi connectivity index (χ3n) is 4.18. The van der Waals surface area contributed by atoms with Gasteiger partial charge in [-0.2, -0.15) is 0 Å². The summed E-state index contributed by atoms with van der Waals surface area (Å²) in [6.45, 7) is 0. The second-order valence-electron chi connectivity index (χ2n) is 5.62. The molecule has 0 radical (unpaired) electrons. The lowest BCUT2D eigenvalue weighted by atomic mass is 10.1. The molecule has 0 amide bonds. The molecule has 2 aromatic rings. The topological polar surface area (TPSA) is 20.3 Å². The van der Waals surface area contributed by atoms with E-state index in [4.69, 9.17) is 0 Å². The summed E-state index contributed by atoms with van der Waals surface area (Å²) >= 11 is 0. The smallest absolute Gasteiger partial charge is 0.171 e. The molecule has 0 aliphatic carbocycles.